The van der Waals surface area contributed by atoms with Crippen LogP contribution in [0.15, 0.2) is 0 Å². The lowest BCUT2D eigenvalue weighted by Gasteiger charge is -1.95. The van der Waals surface area contributed by atoms with Crippen molar-refractivity contribution in [2.45, 2.75) is 26.4 Å². The van der Waals surface area contributed by atoms with E-state index in [-0.39, 0.29) is 17.9 Å². The fraction of sp³-hybridized carbons (Fsp3) is 0.714. The molecule has 1 saturated heterocycles. The van der Waals surface area contributed by atoms with Crippen LogP contribution in [0, 0.1) is 5.92 Å². The third kappa shape index (κ3) is 1.17. The van der Waals surface area contributed by atoms with Crippen LogP contribution in [0.1, 0.15) is 20.3 Å². The molecule has 0 radical (unpaired) electrons. The first-order valence-corrected chi connectivity index (χ1v) is 3.32. The standard InChI is InChI=1S/C7H10O3/c1-4-3-6(5(2)8)7(9)10-4/h4,6H,3H2,1-2H3/t4-,6-/m1/s1. The van der Waals surface area contributed by atoms with E-state index in [1.165, 1.54) is 6.92 Å². The van der Waals surface area contributed by atoms with Gasteiger partial charge < -0.3 is 4.74 Å². The van der Waals surface area contributed by atoms with Gasteiger partial charge in [0.05, 0.1) is 0 Å². The molecule has 0 unspecified atom stereocenters. The van der Waals surface area contributed by atoms with E-state index in [9.17, 15) is 9.59 Å². The van der Waals surface area contributed by atoms with Crippen molar-refractivity contribution in [3.05, 3.63) is 0 Å². The summed E-state index contributed by atoms with van der Waals surface area (Å²) in [6.45, 7) is 3.21. The third-order valence-electron chi connectivity index (χ3n) is 1.66. The first kappa shape index (κ1) is 7.25. The Morgan fingerprint density at radius 3 is 2.50 bits per heavy atom. The second-order valence-corrected chi connectivity index (χ2v) is 2.65. The fourth-order valence-corrected chi connectivity index (χ4v) is 1.09. The summed E-state index contributed by atoms with van der Waals surface area (Å²) in [6.07, 6.45) is 0.468. The van der Waals surface area contributed by atoms with Gasteiger partial charge in [-0.1, -0.05) is 0 Å². The summed E-state index contributed by atoms with van der Waals surface area (Å²) >= 11 is 0. The Balaban J connectivity index is 2.63. The number of hydrogen-bond donors (Lipinski definition) is 0. The maximum Gasteiger partial charge on any atom is 0.316 e. The Kier molecular flexibility index (Phi) is 1.74. The molecule has 0 spiro atoms. The van der Waals surface area contributed by atoms with Gasteiger partial charge >= 0.3 is 5.97 Å². The Morgan fingerprint density at radius 2 is 2.30 bits per heavy atom. The second kappa shape index (κ2) is 2.40. The van der Waals surface area contributed by atoms with E-state index >= 15 is 0 Å². The number of esters is 1. The van der Waals surface area contributed by atoms with Crippen LogP contribution in [0.4, 0.5) is 0 Å². The monoisotopic (exact) mass is 142 g/mol. The SMILES string of the molecule is CC(=O)[C@H]1C[C@@H](C)OC1=O. The highest BCUT2D eigenvalue weighted by molar-refractivity contribution is 5.98. The summed E-state index contributed by atoms with van der Waals surface area (Å²) in [5.74, 6) is -0.940. The highest BCUT2D eigenvalue weighted by Gasteiger charge is 2.34. The number of hydrogen-bond acceptors (Lipinski definition) is 3. The van der Waals surface area contributed by atoms with Gasteiger partial charge in [-0.15, -0.1) is 0 Å². The number of ketones is 1. The van der Waals surface area contributed by atoms with E-state index in [4.69, 9.17) is 4.74 Å². The summed E-state index contributed by atoms with van der Waals surface area (Å²) in [6, 6.07) is 0. The lowest BCUT2D eigenvalue weighted by atomic mass is 10.0. The first-order chi connectivity index (χ1) is 4.61. The molecule has 1 fully saturated rings. The summed E-state index contributed by atoms with van der Waals surface area (Å²) in [4.78, 5) is 21.5. The molecular weight excluding hydrogens is 132 g/mol. The number of carbonyl (C=O) groups excluding carboxylic acids is 2. The number of Topliss-reactive ketones (excluding diaryl/α,β-unsaturated/α-hetero) is 1. The zero-order valence-electron chi connectivity index (χ0n) is 6.09. The molecule has 1 aliphatic heterocycles. The molecule has 0 N–H and O–H groups in total. The molecule has 1 heterocycles. The molecule has 0 aromatic rings. The van der Waals surface area contributed by atoms with Gasteiger partial charge in [0.2, 0.25) is 0 Å². The maximum absolute atomic E-state index is 10.8. The van der Waals surface area contributed by atoms with Crippen molar-refractivity contribution in [1.29, 1.82) is 0 Å². The van der Waals surface area contributed by atoms with Gasteiger partial charge in [-0.05, 0) is 13.8 Å². The molecule has 0 aromatic carbocycles. The first-order valence-electron chi connectivity index (χ1n) is 3.32. The van der Waals surface area contributed by atoms with Crippen LogP contribution in [0.25, 0.3) is 0 Å². The van der Waals surface area contributed by atoms with E-state index in [1.54, 1.807) is 6.92 Å². The van der Waals surface area contributed by atoms with Crippen LogP contribution in [0.2, 0.25) is 0 Å². The second-order valence-electron chi connectivity index (χ2n) is 2.65. The van der Waals surface area contributed by atoms with Crippen molar-refractivity contribution in [2.24, 2.45) is 5.92 Å². The number of carbonyl (C=O) groups is 2. The Hall–Kier alpha value is -0.860. The minimum absolute atomic E-state index is 0.0820. The van der Waals surface area contributed by atoms with E-state index in [0.717, 1.165) is 0 Å². The molecule has 0 aliphatic carbocycles. The molecule has 2 atom stereocenters. The predicted molar refractivity (Wildman–Crippen MR) is 34.3 cm³/mol. The minimum atomic E-state index is -0.491. The number of ether oxygens (including phenoxy) is 1. The van der Waals surface area contributed by atoms with E-state index < -0.39 is 5.92 Å². The van der Waals surface area contributed by atoms with E-state index in [2.05, 4.69) is 0 Å². The average molecular weight is 142 g/mol. The number of cyclic esters (lactones) is 1. The van der Waals surface area contributed by atoms with Gasteiger partial charge in [-0.25, -0.2) is 0 Å². The van der Waals surface area contributed by atoms with Crippen LogP contribution >= 0.6 is 0 Å². The molecule has 56 valence electrons. The summed E-state index contributed by atoms with van der Waals surface area (Å²) in [5.41, 5.74) is 0. The molecule has 0 saturated carbocycles. The van der Waals surface area contributed by atoms with Crippen LogP contribution in [-0.2, 0) is 14.3 Å². The zero-order valence-corrected chi connectivity index (χ0v) is 6.09. The molecule has 10 heavy (non-hydrogen) atoms. The Morgan fingerprint density at radius 1 is 1.70 bits per heavy atom. The lowest BCUT2D eigenvalue weighted by Crippen LogP contribution is -2.15. The molecule has 1 rings (SSSR count). The molecule has 1 aliphatic rings. The van der Waals surface area contributed by atoms with Crippen LogP contribution in [0.5, 0.6) is 0 Å². The summed E-state index contributed by atoms with van der Waals surface area (Å²) in [5, 5.41) is 0. The van der Waals surface area contributed by atoms with Crippen LogP contribution in [0.3, 0.4) is 0 Å². The smallest absolute Gasteiger partial charge is 0.316 e. The van der Waals surface area contributed by atoms with Gasteiger partial charge in [0.1, 0.15) is 17.8 Å². The van der Waals surface area contributed by atoms with Gasteiger partial charge in [0, 0.05) is 6.42 Å². The molecule has 3 heteroatoms. The van der Waals surface area contributed by atoms with Crippen LogP contribution in [-0.4, -0.2) is 17.9 Å². The summed E-state index contributed by atoms with van der Waals surface area (Å²) < 4.78 is 4.78. The lowest BCUT2D eigenvalue weighted by molar-refractivity contribution is -0.146. The van der Waals surface area contributed by atoms with Crippen LogP contribution < -0.4 is 0 Å². The topological polar surface area (TPSA) is 43.4 Å². The van der Waals surface area contributed by atoms with Crippen molar-refractivity contribution in [2.75, 3.05) is 0 Å². The largest absolute Gasteiger partial charge is 0.462 e. The average Bonchev–Trinajstić information content (AvgIpc) is 2.10. The van der Waals surface area contributed by atoms with Crippen molar-refractivity contribution in [3.63, 3.8) is 0 Å². The predicted octanol–water partition coefficient (Wildman–Crippen LogP) is 0.527. The molecule has 0 aromatic heterocycles. The van der Waals surface area contributed by atoms with E-state index in [0.29, 0.717) is 6.42 Å². The number of rotatable bonds is 1. The minimum Gasteiger partial charge on any atom is -0.462 e. The Labute approximate surface area is 59.4 Å². The Bertz CT molecular complexity index is 174. The molecule has 0 bridgehead atoms. The molecule has 0 amide bonds. The van der Waals surface area contributed by atoms with Crippen molar-refractivity contribution >= 4 is 11.8 Å². The van der Waals surface area contributed by atoms with Gasteiger partial charge in [0.15, 0.2) is 0 Å². The molecule has 3 nitrogen and oxygen atoms in total. The third-order valence-corrected chi connectivity index (χ3v) is 1.66. The zero-order chi connectivity index (χ0) is 7.72. The maximum atomic E-state index is 10.8. The fourth-order valence-electron chi connectivity index (χ4n) is 1.09. The highest BCUT2D eigenvalue weighted by Crippen LogP contribution is 2.20. The summed E-state index contributed by atoms with van der Waals surface area (Å²) in [7, 11) is 0. The van der Waals surface area contributed by atoms with Crippen molar-refractivity contribution < 1.29 is 14.3 Å². The normalized spacial score (nSPS) is 32.0. The van der Waals surface area contributed by atoms with Gasteiger partial charge in [0.25, 0.3) is 0 Å². The van der Waals surface area contributed by atoms with Gasteiger partial charge in [-0.3, -0.25) is 9.59 Å². The van der Waals surface area contributed by atoms with Gasteiger partial charge in [-0.2, -0.15) is 0 Å². The van der Waals surface area contributed by atoms with E-state index in [1.807, 2.05) is 0 Å². The quantitative estimate of drug-likeness (QED) is 0.396. The highest BCUT2D eigenvalue weighted by atomic mass is 16.5. The molecular formula is C7H10O3. The van der Waals surface area contributed by atoms with Crippen molar-refractivity contribution in [3.8, 4) is 0 Å². The van der Waals surface area contributed by atoms with Crippen molar-refractivity contribution in [1.82, 2.24) is 0 Å².